The molecule has 3 nitrogen and oxygen atoms in total. The molecule has 0 aliphatic carbocycles. The highest BCUT2D eigenvalue weighted by Crippen LogP contribution is 2.26. The van der Waals surface area contributed by atoms with Crippen LogP contribution < -0.4 is 5.32 Å². The number of hydrogen-bond donors (Lipinski definition) is 1. The maximum Gasteiger partial charge on any atom is 0.220 e. The van der Waals surface area contributed by atoms with Crippen molar-refractivity contribution in [3.05, 3.63) is 35.9 Å². The Labute approximate surface area is 154 Å². The molecule has 1 atom stereocenters. The Morgan fingerprint density at radius 1 is 1.08 bits per heavy atom. The highest BCUT2D eigenvalue weighted by Gasteiger charge is 2.23. The van der Waals surface area contributed by atoms with Gasteiger partial charge in [0.1, 0.15) is 0 Å². The van der Waals surface area contributed by atoms with E-state index >= 15 is 0 Å². The summed E-state index contributed by atoms with van der Waals surface area (Å²) in [4.78, 5) is 14.4. The number of amides is 1. The Kier molecular flexibility index (Phi) is 9.65. The molecule has 3 heteroatoms. The molecule has 0 bridgehead atoms. The average molecular weight is 345 g/mol. The Hall–Kier alpha value is -1.35. The van der Waals surface area contributed by atoms with E-state index in [1.807, 2.05) is 0 Å². The highest BCUT2D eigenvalue weighted by atomic mass is 16.1. The zero-order valence-electron chi connectivity index (χ0n) is 16.0. The lowest BCUT2D eigenvalue weighted by Crippen LogP contribution is -2.33. The van der Waals surface area contributed by atoms with Crippen LogP contribution in [0.5, 0.6) is 0 Å². The molecule has 2 rings (SSSR count). The lowest BCUT2D eigenvalue weighted by molar-refractivity contribution is -0.121. The largest absolute Gasteiger partial charge is 0.355 e. The van der Waals surface area contributed by atoms with Crippen LogP contribution in [-0.2, 0) is 4.79 Å². The predicted molar refractivity (Wildman–Crippen MR) is 106 cm³/mol. The van der Waals surface area contributed by atoms with E-state index < -0.39 is 0 Å². The first-order valence-electron chi connectivity index (χ1n) is 10.3. The van der Waals surface area contributed by atoms with Crippen molar-refractivity contribution < 1.29 is 4.79 Å². The molecule has 0 spiro atoms. The van der Waals surface area contributed by atoms with E-state index in [2.05, 4.69) is 47.5 Å². The van der Waals surface area contributed by atoms with Crippen LogP contribution in [0.2, 0.25) is 0 Å². The molecule has 25 heavy (non-hydrogen) atoms. The van der Waals surface area contributed by atoms with Crippen LogP contribution in [0.15, 0.2) is 30.3 Å². The maximum atomic E-state index is 11.9. The van der Waals surface area contributed by atoms with Gasteiger partial charge in [0.15, 0.2) is 0 Å². The molecule has 1 saturated heterocycles. The second kappa shape index (κ2) is 12.1. The second-order valence-electron chi connectivity index (χ2n) is 7.42. The summed E-state index contributed by atoms with van der Waals surface area (Å²) >= 11 is 0. The topological polar surface area (TPSA) is 32.3 Å². The first kappa shape index (κ1) is 20.0. The molecular weight excluding hydrogens is 308 g/mol. The number of rotatable bonds is 12. The summed E-state index contributed by atoms with van der Waals surface area (Å²) in [5.41, 5.74) is 1.45. The molecule has 1 unspecified atom stereocenters. The van der Waals surface area contributed by atoms with Gasteiger partial charge in [-0.2, -0.15) is 0 Å². The molecule has 1 aliphatic rings. The molecule has 1 heterocycles. The summed E-state index contributed by atoms with van der Waals surface area (Å²) < 4.78 is 0. The number of nitrogens with one attached hydrogen (secondary N) is 1. The van der Waals surface area contributed by atoms with Crippen LogP contribution in [0, 0.1) is 0 Å². The van der Waals surface area contributed by atoms with Crippen LogP contribution >= 0.6 is 0 Å². The van der Waals surface area contributed by atoms with Crippen molar-refractivity contribution in [3.63, 3.8) is 0 Å². The minimum absolute atomic E-state index is 0.229. The van der Waals surface area contributed by atoms with E-state index in [0.29, 0.717) is 12.3 Å². The van der Waals surface area contributed by atoms with Crippen LogP contribution in [0.25, 0.3) is 0 Å². The minimum Gasteiger partial charge on any atom is -0.355 e. The van der Waals surface area contributed by atoms with Gasteiger partial charge < -0.3 is 10.2 Å². The number of hydrogen-bond acceptors (Lipinski definition) is 2. The van der Waals surface area contributed by atoms with Crippen LogP contribution in [0.1, 0.15) is 76.2 Å². The van der Waals surface area contributed by atoms with Crippen molar-refractivity contribution in [2.24, 2.45) is 0 Å². The zero-order valence-corrected chi connectivity index (χ0v) is 16.0. The van der Waals surface area contributed by atoms with E-state index in [4.69, 9.17) is 0 Å². The Balaban J connectivity index is 1.48. The molecule has 1 fully saturated rings. The molecule has 140 valence electrons. The van der Waals surface area contributed by atoms with E-state index in [1.54, 1.807) is 0 Å². The number of carbonyl (C=O) groups excluding carboxylic acids is 1. The summed E-state index contributed by atoms with van der Waals surface area (Å²) in [7, 11) is 0. The van der Waals surface area contributed by atoms with Gasteiger partial charge in [-0.1, -0.05) is 75.8 Å². The van der Waals surface area contributed by atoms with Crippen LogP contribution in [0.3, 0.4) is 0 Å². The van der Waals surface area contributed by atoms with Crippen molar-refractivity contribution in [3.8, 4) is 0 Å². The molecule has 1 aromatic rings. The molecule has 1 aromatic carbocycles. The molecule has 1 amide bonds. The van der Waals surface area contributed by atoms with Gasteiger partial charge in [-0.3, -0.25) is 4.79 Å². The van der Waals surface area contributed by atoms with Gasteiger partial charge in [-0.15, -0.1) is 0 Å². The van der Waals surface area contributed by atoms with E-state index in [0.717, 1.165) is 32.6 Å². The lowest BCUT2D eigenvalue weighted by Gasteiger charge is -2.16. The minimum atomic E-state index is 0.229. The number of likely N-dealkylation sites (tertiary alicyclic amines) is 1. The van der Waals surface area contributed by atoms with Gasteiger partial charge in [0.05, 0.1) is 0 Å². The second-order valence-corrected chi connectivity index (χ2v) is 7.42. The first-order valence-corrected chi connectivity index (χ1v) is 10.3. The van der Waals surface area contributed by atoms with E-state index in [-0.39, 0.29) is 5.91 Å². The summed E-state index contributed by atoms with van der Waals surface area (Å²) in [5.74, 6) is 0.886. The van der Waals surface area contributed by atoms with Gasteiger partial charge >= 0.3 is 0 Å². The van der Waals surface area contributed by atoms with Gasteiger partial charge in [0.25, 0.3) is 0 Å². The van der Waals surface area contributed by atoms with Crippen molar-refractivity contribution in [2.45, 2.75) is 70.6 Å². The lowest BCUT2D eigenvalue weighted by atomic mass is 9.99. The van der Waals surface area contributed by atoms with Crippen LogP contribution in [0.4, 0.5) is 0 Å². The number of benzene rings is 1. The van der Waals surface area contributed by atoms with Gasteiger partial charge in [-0.05, 0) is 30.9 Å². The third-order valence-corrected chi connectivity index (χ3v) is 5.30. The van der Waals surface area contributed by atoms with Gasteiger partial charge in [0, 0.05) is 26.1 Å². The summed E-state index contributed by atoms with van der Waals surface area (Å²) in [6, 6.07) is 10.8. The van der Waals surface area contributed by atoms with Crippen LogP contribution in [-0.4, -0.2) is 37.0 Å². The van der Waals surface area contributed by atoms with Crippen molar-refractivity contribution in [2.75, 3.05) is 26.2 Å². The van der Waals surface area contributed by atoms with Gasteiger partial charge in [-0.25, -0.2) is 0 Å². The van der Waals surface area contributed by atoms with Crippen molar-refractivity contribution in [1.82, 2.24) is 10.2 Å². The quantitative estimate of drug-likeness (QED) is 0.556. The zero-order chi connectivity index (χ0) is 17.7. The predicted octanol–water partition coefficient (Wildman–Crippen LogP) is 4.73. The Morgan fingerprint density at radius 2 is 1.80 bits per heavy atom. The molecule has 0 aromatic heterocycles. The highest BCUT2D eigenvalue weighted by molar-refractivity contribution is 5.75. The number of unbranched alkanes of at least 4 members (excludes halogenated alkanes) is 6. The fourth-order valence-electron chi connectivity index (χ4n) is 3.72. The fraction of sp³-hybridized carbons (Fsp3) is 0.682. The monoisotopic (exact) mass is 344 g/mol. The van der Waals surface area contributed by atoms with Crippen molar-refractivity contribution >= 4 is 5.91 Å². The average Bonchev–Trinajstić information content (AvgIpc) is 3.11. The SMILES string of the molecule is CCCCCCCCCC(=O)NCCN1CCC(c2ccccc2)C1. The summed E-state index contributed by atoms with van der Waals surface area (Å²) in [6.07, 6.45) is 10.8. The molecule has 0 saturated carbocycles. The summed E-state index contributed by atoms with van der Waals surface area (Å²) in [6.45, 7) is 6.28. The maximum absolute atomic E-state index is 11.9. The van der Waals surface area contributed by atoms with E-state index in [1.165, 1.54) is 50.5 Å². The molecular formula is C22H36N2O. The third-order valence-electron chi connectivity index (χ3n) is 5.30. The van der Waals surface area contributed by atoms with Crippen molar-refractivity contribution in [1.29, 1.82) is 0 Å². The molecule has 0 radical (unpaired) electrons. The van der Waals surface area contributed by atoms with Gasteiger partial charge in [0.2, 0.25) is 5.91 Å². The normalized spacial score (nSPS) is 17.7. The number of carbonyl (C=O) groups is 1. The molecule has 1 N–H and O–H groups in total. The fourth-order valence-corrected chi connectivity index (χ4v) is 3.72. The third kappa shape index (κ3) is 8.04. The Bertz CT molecular complexity index is 474. The molecule has 1 aliphatic heterocycles. The standard InChI is InChI=1S/C22H36N2O/c1-2-3-4-5-6-7-11-14-22(25)23-16-18-24-17-15-21(19-24)20-12-9-8-10-13-20/h8-10,12-13,21H,2-7,11,14-19H2,1H3,(H,23,25). The number of nitrogens with zero attached hydrogens (tertiary/aromatic N) is 1. The first-order chi connectivity index (χ1) is 12.3. The Morgan fingerprint density at radius 3 is 2.56 bits per heavy atom. The smallest absolute Gasteiger partial charge is 0.220 e. The summed E-state index contributed by atoms with van der Waals surface area (Å²) in [5, 5.41) is 3.09. The van der Waals surface area contributed by atoms with E-state index in [9.17, 15) is 4.79 Å².